The van der Waals surface area contributed by atoms with E-state index in [-0.39, 0.29) is 0 Å². The summed E-state index contributed by atoms with van der Waals surface area (Å²) >= 11 is 0. The minimum Gasteiger partial charge on any atom is -0.287 e. The number of carbonyl (C=O) groups is 1. The van der Waals surface area contributed by atoms with Gasteiger partial charge in [0, 0.05) is 6.20 Å². The van der Waals surface area contributed by atoms with E-state index in [4.69, 9.17) is 0 Å². The Balaban J connectivity index is 2.86. The van der Waals surface area contributed by atoms with E-state index in [1.54, 1.807) is 0 Å². The minimum atomic E-state index is -4.61. The molecule has 1 atom stereocenters. The van der Waals surface area contributed by atoms with E-state index in [0.29, 0.717) is 4.90 Å². The first-order chi connectivity index (χ1) is 9.94. The molecule has 0 aliphatic heterocycles. The van der Waals surface area contributed by atoms with Crippen molar-refractivity contribution < 1.29 is 30.8 Å². The van der Waals surface area contributed by atoms with Crippen molar-refractivity contribution in [2.45, 2.75) is 24.2 Å². The van der Waals surface area contributed by atoms with Crippen molar-refractivity contribution in [3.05, 3.63) is 24.1 Å². The Morgan fingerprint density at radius 2 is 2.05 bits per heavy atom. The maximum atomic E-state index is 13.4. The summed E-state index contributed by atoms with van der Waals surface area (Å²) in [5.41, 5.74) is 0. The molecule has 11 heteroatoms. The molecule has 0 spiro atoms. The zero-order valence-electron chi connectivity index (χ0n) is 11.6. The van der Waals surface area contributed by atoms with Crippen LogP contribution in [0.1, 0.15) is 6.92 Å². The first-order valence-electron chi connectivity index (χ1n) is 5.88. The molecule has 1 amide bonds. The van der Waals surface area contributed by atoms with Gasteiger partial charge in [-0.15, -0.1) is 0 Å². The minimum absolute atomic E-state index is 0.611. The van der Waals surface area contributed by atoms with Crippen LogP contribution in [0.25, 0.3) is 0 Å². The van der Waals surface area contributed by atoms with Crippen LogP contribution in [0.2, 0.25) is 0 Å². The fourth-order valence-corrected chi connectivity index (χ4v) is 2.51. The molecule has 1 aromatic rings. The van der Waals surface area contributed by atoms with Crippen LogP contribution < -0.4 is 4.72 Å². The van der Waals surface area contributed by atoms with E-state index in [1.807, 2.05) is 0 Å². The summed E-state index contributed by atoms with van der Waals surface area (Å²) in [7, 11) is -3.60. The molecule has 0 radical (unpaired) electrons. The van der Waals surface area contributed by atoms with Gasteiger partial charge >= 0.3 is 6.18 Å². The SMILES string of the molecule is C[C@@H](C(=O)NS(=O)(=O)c1ncccc1F)N(C)CC(F)(F)F. The second-order valence-corrected chi connectivity index (χ2v) is 6.06. The van der Waals surface area contributed by atoms with Crippen LogP contribution in [0.3, 0.4) is 0 Å². The Bertz CT molecular complexity index is 648. The van der Waals surface area contributed by atoms with Gasteiger partial charge in [-0.25, -0.2) is 14.1 Å². The Hall–Kier alpha value is -1.75. The van der Waals surface area contributed by atoms with E-state index in [2.05, 4.69) is 4.98 Å². The van der Waals surface area contributed by atoms with Crippen molar-refractivity contribution in [3.8, 4) is 0 Å². The number of alkyl halides is 3. The number of nitrogens with one attached hydrogen (secondary N) is 1. The molecule has 0 bridgehead atoms. The molecule has 22 heavy (non-hydrogen) atoms. The van der Waals surface area contributed by atoms with Crippen molar-refractivity contribution >= 4 is 15.9 Å². The van der Waals surface area contributed by atoms with E-state index < -0.39 is 45.5 Å². The maximum absolute atomic E-state index is 13.4. The molecule has 0 aliphatic carbocycles. The largest absolute Gasteiger partial charge is 0.401 e. The first-order valence-corrected chi connectivity index (χ1v) is 7.36. The van der Waals surface area contributed by atoms with E-state index in [1.165, 1.54) is 4.72 Å². The summed E-state index contributed by atoms with van der Waals surface area (Å²) in [5.74, 6) is -2.41. The number of aromatic nitrogens is 1. The van der Waals surface area contributed by atoms with Crippen LogP contribution in [0, 0.1) is 5.82 Å². The van der Waals surface area contributed by atoms with Crippen molar-refractivity contribution in [1.82, 2.24) is 14.6 Å². The molecule has 1 heterocycles. The summed E-state index contributed by atoms with van der Waals surface area (Å²) in [4.78, 5) is 15.6. The highest BCUT2D eigenvalue weighted by molar-refractivity contribution is 7.90. The highest BCUT2D eigenvalue weighted by Crippen LogP contribution is 2.17. The predicted octanol–water partition coefficient (Wildman–Crippen LogP) is 0.908. The lowest BCUT2D eigenvalue weighted by molar-refractivity contribution is -0.150. The van der Waals surface area contributed by atoms with Crippen LogP contribution in [0.15, 0.2) is 23.4 Å². The van der Waals surface area contributed by atoms with Crippen LogP contribution in [-0.4, -0.2) is 50.0 Å². The number of amides is 1. The number of likely N-dealkylation sites (N-methyl/N-ethyl adjacent to an activating group) is 1. The Labute approximate surface area is 124 Å². The van der Waals surface area contributed by atoms with Gasteiger partial charge in [0.1, 0.15) is 0 Å². The lowest BCUT2D eigenvalue weighted by Crippen LogP contribution is -2.48. The average Bonchev–Trinajstić information content (AvgIpc) is 2.35. The monoisotopic (exact) mass is 343 g/mol. The first kappa shape index (κ1) is 18.3. The van der Waals surface area contributed by atoms with Gasteiger partial charge in [0.15, 0.2) is 5.82 Å². The second-order valence-electron chi connectivity index (χ2n) is 4.47. The van der Waals surface area contributed by atoms with Crippen molar-refractivity contribution in [2.24, 2.45) is 0 Å². The molecule has 0 unspecified atom stereocenters. The molecule has 0 aromatic carbocycles. The third-order valence-electron chi connectivity index (χ3n) is 2.68. The summed E-state index contributed by atoms with van der Waals surface area (Å²) in [6.07, 6.45) is -3.55. The van der Waals surface area contributed by atoms with Gasteiger partial charge < -0.3 is 0 Å². The van der Waals surface area contributed by atoms with Gasteiger partial charge in [-0.2, -0.15) is 21.6 Å². The molecule has 0 fully saturated rings. The quantitative estimate of drug-likeness (QED) is 0.804. The van der Waals surface area contributed by atoms with E-state index in [0.717, 1.165) is 32.3 Å². The molecule has 0 saturated heterocycles. The maximum Gasteiger partial charge on any atom is 0.401 e. The van der Waals surface area contributed by atoms with Gasteiger partial charge in [-0.1, -0.05) is 0 Å². The lowest BCUT2D eigenvalue weighted by atomic mass is 10.3. The topological polar surface area (TPSA) is 79.4 Å². The van der Waals surface area contributed by atoms with Gasteiger partial charge in [0.05, 0.1) is 12.6 Å². The highest BCUT2D eigenvalue weighted by atomic mass is 32.2. The zero-order chi connectivity index (χ0) is 17.1. The third-order valence-corrected chi connectivity index (χ3v) is 3.96. The molecule has 0 saturated carbocycles. The normalized spacial score (nSPS) is 14.0. The molecular formula is C11H13F4N3O3S. The number of nitrogens with zero attached hydrogens (tertiary/aromatic N) is 2. The van der Waals surface area contributed by atoms with Gasteiger partial charge in [0.25, 0.3) is 15.9 Å². The van der Waals surface area contributed by atoms with Crippen molar-refractivity contribution in [1.29, 1.82) is 0 Å². The number of rotatable bonds is 5. The number of pyridine rings is 1. The Morgan fingerprint density at radius 3 is 2.55 bits per heavy atom. The molecule has 1 aromatic heterocycles. The summed E-state index contributed by atoms with van der Waals surface area (Å²) in [5, 5.41) is -1.01. The van der Waals surface area contributed by atoms with Crippen LogP contribution in [0.5, 0.6) is 0 Å². The standard InChI is InChI=1S/C11H13F4N3O3S/c1-7(18(2)6-11(13,14)15)9(19)17-22(20,21)10-8(12)4-3-5-16-10/h3-5,7H,6H2,1-2H3,(H,17,19)/t7-/m0/s1. The fraction of sp³-hybridized carbons (Fsp3) is 0.455. The van der Waals surface area contributed by atoms with Crippen LogP contribution in [-0.2, 0) is 14.8 Å². The number of hydrogen-bond acceptors (Lipinski definition) is 5. The van der Waals surface area contributed by atoms with Gasteiger partial charge in [-0.05, 0) is 26.1 Å². The van der Waals surface area contributed by atoms with Crippen LogP contribution >= 0.6 is 0 Å². The van der Waals surface area contributed by atoms with Crippen molar-refractivity contribution in [3.63, 3.8) is 0 Å². The summed E-state index contributed by atoms with van der Waals surface area (Å²) in [6, 6.07) is 0.574. The number of hydrogen-bond donors (Lipinski definition) is 1. The molecule has 124 valence electrons. The molecular weight excluding hydrogens is 330 g/mol. The second kappa shape index (κ2) is 6.57. The van der Waals surface area contributed by atoms with E-state index in [9.17, 15) is 30.8 Å². The summed E-state index contributed by atoms with van der Waals surface area (Å²) < 4.78 is 75.2. The average molecular weight is 343 g/mol. The van der Waals surface area contributed by atoms with Crippen molar-refractivity contribution in [2.75, 3.05) is 13.6 Å². The predicted molar refractivity (Wildman–Crippen MR) is 67.7 cm³/mol. The molecule has 1 rings (SSSR count). The molecule has 1 N–H and O–H groups in total. The molecule has 6 nitrogen and oxygen atoms in total. The third kappa shape index (κ3) is 4.91. The smallest absolute Gasteiger partial charge is 0.287 e. The Kier molecular flexibility index (Phi) is 5.46. The van der Waals surface area contributed by atoms with E-state index >= 15 is 0 Å². The lowest BCUT2D eigenvalue weighted by Gasteiger charge is -2.24. The van der Waals surface area contributed by atoms with Gasteiger partial charge in [-0.3, -0.25) is 9.69 Å². The van der Waals surface area contributed by atoms with Gasteiger partial charge in [0.2, 0.25) is 5.03 Å². The highest BCUT2D eigenvalue weighted by Gasteiger charge is 2.34. The van der Waals surface area contributed by atoms with Crippen LogP contribution in [0.4, 0.5) is 17.6 Å². The molecule has 0 aliphatic rings. The zero-order valence-corrected chi connectivity index (χ0v) is 12.4. The summed E-state index contributed by atoms with van der Waals surface area (Å²) in [6.45, 7) is -0.315. The number of carbonyl (C=O) groups excluding carboxylic acids is 1. The fourth-order valence-electron chi connectivity index (χ4n) is 1.45. The number of halogens is 4. The Morgan fingerprint density at radius 1 is 1.45 bits per heavy atom. The number of sulfonamides is 1.